The summed E-state index contributed by atoms with van der Waals surface area (Å²) in [4.78, 5) is 27.1. The van der Waals surface area contributed by atoms with Crippen molar-refractivity contribution >= 4 is 6.03 Å². The highest BCUT2D eigenvalue weighted by Crippen LogP contribution is 2.34. The Bertz CT molecular complexity index is 704. The maximum atomic E-state index is 12.7. The Hall–Kier alpha value is -1.79. The Kier molecular flexibility index (Phi) is 5.83. The summed E-state index contributed by atoms with van der Waals surface area (Å²) in [5.41, 5.74) is 0.00734. The van der Waals surface area contributed by atoms with Crippen molar-refractivity contribution in [3.8, 4) is 0 Å². The van der Waals surface area contributed by atoms with Gasteiger partial charge in [-0.05, 0) is 50.9 Å². The predicted octanol–water partition coefficient (Wildman–Crippen LogP) is 2.53. The van der Waals surface area contributed by atoms with Crippen LogP contribution in [0.5, 0.6) is 0 Å². The number of likely N-dealkylation sites (tertiary alicyclic amines) is 1. The number of nitrogens with zero attached hydrogens (tertiary/aromatic N) is 4. The zero-order valence-electron chi connectivity index (χ0n) is 16.4. The monoisotopic (exact) mass is 375 g/mol. The highest BCUT2D eigenvalue weighted by Gasteiger charge is 2.34. The molecule has 1 saturated carbocycles. The van der Waals surface area contributed by atoms with Crippen LogP contribution >= 0.6 is 0 Å². The highest BCUT2D eigenvalue weighted by atomic mass is 16.2. The van der Waals surface area contributed by atoms with E-state index in [0.717, 1.165) is 57.4 Å². The normalized spacial score (nSPS) is 23.4. The summed E-state index contributed by atoms with van der Waals surface area (Å²) in [6.07, 6.45) is 12.7. The number of nitrogens with one attached hydrogen (secondary N) is 1. The Labute approximate surface area is 161 Å². The van der Waals surface area contributed by atoms with E-state index in [1.807, 2.05) is 0 Å². The minimum absolute atomic E-state index is 0.00734. The van der Waals surface area contributed by atoms with E-state index in [4.69, 9.17) is 0 Å². The number of hydrogen-bond donors (Lipinski definition) is 1. The van der Waals surface area contributed by atoms with E-state index in [2.05, 4.69) is 15.3 Å². The lowest BCUT2D eigenvalue weighted by molar-refractivity contribution is 0.156. The molecular weight excluding hydrogens is 342 g/mol. The van der Waals surface area contributed by atoms with E-state index in [1.165, 1.54) is 32.1 Å². The number of carbonyl (C=O) groups is 1. The molecule has 2 amide bonds. The van der Waals surface area contributed by atoms with Crippen LogP contribution in [-0.4, -0.2) is 44.4 Å². The van der Waals surface area contributed by atoms with Gasteiger partial charge in [-0.15, -0.1) is 0 Å². The summed E-state index contributed by atoms with van der Waals surface area (Å²) in [7, 11) is 0. The minimum atomic E-state index is 0.00734. The molecule has 0 spiro atoms. The van der Waals surface area contributed by atoms with Gasteiger partial charge in [0.05, 0.1) is 0 Å². The molecule has 0 aromatic carbocycles. The molecule has 1 aliphatic carbocycles. The average molecular weight is 376 g/mol. The van der Waals surface area contributed by atoms with Crippen LogP contribution in [0.1, 0.15) is 70.0 Å². The lowest BCUT2D eigenvalue weighted by Crippen LogP contribution is -2.46. The van der Waals surface area contributed by atoms with Crippen molar-refractivity contribution in [1.29, 1.82) is 0 Å². The van der Waals surface area contributed by atoms with E-state index in [1.54, 1.807) is 9.25 Å². The molecule has 150 valence electrons. The number of hydrogen-bond acceptors (Lipinski definition) is 3. The zero-order chi connectivity index (χ0) is 18.6. The molecule has 1 aromatic rings. The van der Waals surface area contributed by atoms with E-state index in [0.29, 0.717) is 25.0 Å². The minimum Gasteiger partial charge on any atom is -0.338 e. The van der Waals surface area contributed by atoms with Gasteiger partial charge >= 0.3 is 11.7 Å². The van der Waals surface area contributed by atoms with Crippen molar-refractivity contribution in [3.05, 3.63) is 16.3 Å². The van der Waals surface area contributed by atoms with Crippen LogP contribution in [0.2, 0.25) is 0 Å². The molecule has 0 radical (unpaired) electrons. The molecule has 2 aliphatic heterocycles. The van der Waals surface area contributed by atoms with Crippen molar-refractivity contribution in [2.45, 2.75) is 89.8 Å². The molecule has 1 N–H and O–H groups in total. The topological polar surface area (TPSA) is 72.2 Å². The number of amides is 2. The number of rotatable bonds is 5. The Morgan fingerprint density at radius 2 is 1.89 bits per heavy atom. The maximum Gasteiger partial charge on any atom is 0.345 e. The largest absolute Gasteiger partial charge is 0.345 e. The van der Waals surface area contributed by atoms with Crippen LogP contribution in [0.15, 0.2) is 4.79 Å². The van der Waals surface area contributed by atoms with Crippen LogP contribution in [-0.2, 0) is 19.5 Å². The van der Waals surface area contributed by atoms with Gasteiger partial charge in [0.15, 0.2) is 0 Å². The molecule has 3 heterocycles. The second-order valence-corrected chi connectivity index (χ2v) is 8.42. The van der Waals surface area contributed by atoms with Crippen molar-refractivity contribution < 1.29 is 4.79 Å². The van der Waals surface area contributed by atoms with Gasteiger partial charge in [0.25, 0.3) is 0 Å². The number of urea groups is 1. The van der Waals surface area contributed by atoms with Gasteiger partial charge in [0.2, 0.25) is 0 Å². The first kappa shape index (κ1) is 18.6. The molecule has 1 aromatic heterocycles. The summed E-state index contributed by atoms with van der Waals surface area (Å²) in [5, 5.41) is 7.54. The predicted molar refractivity (Wildman–Crippen MR) is 104 cm³/mol. The van der Waals surface area contributed by atoms with Crippen LogP contribution in [0.3, 0.4) is 0 Å². The van der Waals surface area contributed by atoms with Crippen LogP contribution < -0.4 is 11.0 Å². The van der Waals surface area contributed by atoms with E-state index < -0.39 is 0 Å². The second kappa shape index (κ2) is 8.48. The van der Waals surface area contributed by atoms with Gasteiger partial charge in [-0.3, -0.25) is 4.57 Å². The summed E-state index contributed by atoms with van der Waals surface area (Å²) in [6, 6.07) is 0.521. The fourth-order valence-corrected chi connectivity index (χ4v) is 5.17. The molecule has 27 heavy (non-hydrogen) atoms. The number of aryl methyl sites for hydroxylation is 2. The third-order valence-electron chi connectivity index (χ3n) is 6.61. The van der Waals surface area contributed by atoms with Crippen molar-refractivity contribution in [2.24, 2.45) is 5.92 Å². The van der Waals surface area contributed by atoms with E-state index in [9.17, 15) is 9.59 Å². The molecule has 2 fully saturated rings. The fourth-order valence-electron chi connectivity index (χ4n) is 5.17. The third kappa shape index (κ3) is 4.06. The van der Waals surface area contributed by atoms with Gasteiger partial charge in [-0.2, -0.15) is 5.10 Å². The highest BCUT2D eigenvalue weighted by molar-refractivity contribution is 5.74. The Morgan fingerprint density at radius 3 is 2.70 bits per heavy atom. The molecule has 1 atom stereocenters. The van der Waals surface area contributed by atoms with Gasteiger partial charge in [0.1, 0.15) is 5.82 Å². The molecular formula is C20H33N5O2. The van der Waals surface area contributed by atoms with Crippen molar-refractivity contribution in [2.75, 3.05) is 13.1 Å². The Morgan fingerprint density at radius 1 is 1.04 bits per heavy atom. The molecule has 7 heteroatoms. The first-order chi connectivity index (χ1) is 13.2. The third-order valence-corrected chi connectivity index (χ3v) is 6.61. The lowest BCUT2D eigenvalue weighted by atomic mass is 9.83. The van der Waals surface area contributed by atoms with Gasteiger partial charge in [-0.25, -0.2) is 14.3 Å². The van der Waals surface area contributed by atoms with Gasteiger partial charge in [-0.1, -0.05) is 19.3 Å². The smallest absolute Gasteiger partial charge is 0.338 e. The Balaban J connectivity index is 1.25. The molecule has 1 unspecified atom stereocenters. The van der Waals surface area contributed by atoms with Crippen LogP contribution in [0.4, 0.5) is 4.79 Å². The first-order valence-corrected chi connectivity index (χ1v) is 10.9. The fraction of sp³-hybridized carbons (Fsp3) is 0.850. The first-order valence-electron chi connectivity index (χ1n) is 10.9. The lowest BCUT2D eigenvalue weighted by Gasteiger charge is -2.34. The van der Waals surface area contributed by atoms with Crippen molar-refractivity contribution in [1.82, 2.24) is 24.6 Å². The SMILES string of the molecule is O=C(NCCCn1nc2n(c1=O)CCCC2)N1CCCC1C1CCCCC1. The maximum absolute atomic E-state index is 12.7. The molecule has 3 aliphatic rings. The summed E-state index contributed by atoms with van der Waals surface area (Å²) >= 11 is 0. The number of fused-ring (bicyclic) bond motifs is 1. The second-order valence-electron chi connectivity index (χ2n) is 8.42. The van der Waals surface area contributed by atoms with E-state index >= 15 is 0 Å². The zero-order valence-corrected chi connectivity index (χ0v) is 16.4. The van der Waals surface area contributed by atoms with Crippen LogP contribution in [0.25, 0.3) is 0 Å². The average Bonchev–Trinajstić information content (AvgIpc) is 3.31. The number of carbonyl (C=O) groups excluding carboxylic acids is 1. The quantitative estimate of drug-likeness (QED) is 0.804. The van der Waals surface area contributed by atoms with E-state index in [-0.39, 0.29) is 11.7 Å². The van der Waals surface area contributed by atoms with Crippen LogP contribution in [0, 0.1) is 5.92 Å². The summed E-state index contributed by atoms with van der Waals surface area (Å²) in [5.74, 6) is 1.62. The standard InChI is InChI=1S/C20H33N5O2/c26-19(23-14-6-10-17(23)16-8-2-1-3-9-16)21-12-7-15-25-20(27)24-13-5-4-11-18(24)22-25/h16-17H,1-15H2,(H,21,26). The molecule has 1 saturated heterocycles. The van der Waals surface area contributed by atoms with Gasteiger partial charge in [0, 0.05) is 38.6 Å². The molecule has 4 rings (SSSR count). The summed E-state index contributed by atoms with van der Waals surface area (Å²) in [6.45, 7) is 2.86. The molecule has 0 bridgehead atoms. The number of aromatic nitrogens is 3. The summed E-state index contributed by atoms with van der Waals surface area (Å²) < 4.78 is 3.38. The van der Waals surface area contributed by atoms with Crippen molar-refractivity contribution in [3.63, 3.8) is 0 Å². The molecule has 7 nitrogen and oxygen atoms in total. The van der Waals surface area contributed by atoms with Gasteiger partial charge < -0.3 is 10.2 Å².